The highest BCUT2D eigenvalue weighted by atomic mass is 32.2. The summed E-state index contributed by atoms with van der Waals surface area (Å²) < 4.78 is 30.6. The molecule has 0 saturated carbocycles. The zero-order valence-electron chi connectivity index (χ0n) is 10.4. The van der Waals surface area contributed by atoms with Gasteiger partial charge in [-0.15, -0.1) is 0 Å². The molecule has 98 valence electrons. The fourth-order valence-electron chi connectivity index (χ4n) is 1.25. The molecule has 0 heterocycles. The van der Waals surface area contributed by atoms with E-state index in [0.717, 1.165) is 5.56 Å². The zero-order valence-corrected chi connectivity index (χ0v) is 11.2. The van der Waals surface area contributed by atoms with Crippen LogP contribution in [0.5, 0.6) is 0 Å². The van der Waals surface area contributed by atoms with Gasteiger partial charge in [0, 0.05) is 0 Å². The lowest BCUT2D eigenvalue weighted by Crippen LogP contribution is -2.28. The summed E-state index contributed by atoms with van der Waals surface area (Å²) in [6.07, 6.45) is 1.34. The molecule has 0 radical (unpaired) electrons. The number of allylic oxidation sites excluding steroid dienone is 1. The molecule has 5 nitrogen and oxygen atoms in total. The number of esters is 1. The van der Waals surface area contributed by atoms with Crippen LogP contribution in [0.4, 0.5) is 0 Å². The second kappa shape index (κ2) is 5.68. The molecule has 0 unspecified atom stereocenters. The smallest absolute Gasteiger partial charge is 0.354 e. The summed E-state index contributed by atoms with van der Waals surface area (Å²) >= 11 is 0. The molecule has 0 fully saturated rings. The van der Waals surface area contributed by atoms with Crippen LogP contribution in [0.1, 0.15) is 12.5 Å². The standard InChI is InChI=1S/C12H15NO4S/c1-4-11(12(14)17-3)13-18(15,16)10-7-5-9(2)6-8-10/h4-8,13H,1-3H3/b11-4-. The first kappa shape index (κ1) is 14.2. The largest absolute Gasteiger partial charge is 0.464 e. The van der Waals surface area contributed by atoms with E-state index in [0.29, 0.717) is 0 Å². The van der Waals surface area contributed by atoms with Crippen molar-refractivity contribution >= 4 is 16.0 Å². The van der Waals surface area contributed by atoms with E-state index in [1.165, 1.54) is 25.3 Å². The number of ether oxygens (including phenoxy) is 1. The quantitative estimate of drug-likeness (QED) is 0.661. The lowest BCUT2D eigenvalue weighted by atomic mass is 10.2. The molecule has 6 heteroatoms. The second-order valence-electron chi connectivity index (χ2n) is 3.61. The summed E-state index contributed by atoms with van der Waals surface area (Å²) in [6.45, 7) is 3.40. The molecule has 0 spiro atoms. The van der Waals surface area contributed by atoms with E-state index >= 15 is 0 Å². The Kier molecular flexibility index (Phi) is 4.49. The van der Waals surface area contributed by atoms with Crippen LogP contribution in [0.3, 0.4) is 0 Å². The van der Waals surface area contributed by atoms with Gasteiger partial charge in [-0.2, -0.15) is 0 Å². The normalized spacial score (nSPS) is 12.1. The highest BCUT2D eigenvalue weighted by Crippen LogP contribution is 2.11. The number of benzene rings is 1. The second-order valence-corrected chi connectivity index (χ2v) is 5.29. The number of aryl methyl sites for hydroxylation is 1. The van der Waals surface area contributed by atoms with Crippen molar-refractivity contribution < 1.29 is 17.9 Å². The zero-order chi connectivity index (χ0) is 13.8. The van der Waals surface area contributed by atoms with Gasteiger partial charge in [-0.25, -0.2) is 13.2 Å². The Labute approximate surface area is 107 Å². The van der Waals surface area contributed by atoms with Crippen molar-refractivity contribution in [3.8, 4) is 0 Å². The van der Waals surface area contributed by atoms with E-state index in [1.54, 1.807) is 19.1 Å². The van der Waals surface area contributed by atoms with Gasteiger partial charge < -0.3 is 4.74 Å². The summed E-state index contributed by atoms with van der Waals surface area (Å²) in [5.41, 5.74) is 0.839. The summed E-state index contributed by atoms with van der Waals surface area (Å²) in [4.78, 5) is 11.4. The van der Waals surface area contributed by atoms with Gasteiger partial charge >= 0.3 is 5.97 Å². The maximum Gasteiger partial charge on any atom is 0.354 e. The lowest BCUT2D eigenvalue weighted by molar-refractivity contribution is -0.136. The highest BCUT2D eigenvalue weighted by Gasteiger charge is 2.19. The van der Waals surface area contributed by atoms with Crippen LogP contribution >= 0.6 is 0 Å². The fraction of sp³-hybridized carbons (Fsp3) is 0.250. The predicted molar refractivity (Wildman–Crippen MR) is 67.3 cm³/mol. The SMILES string of the molecule is C/C=C(\NS(=O)(=O)c1ccc(C)cc1)C(=O)OC. The molecular weight excluding hydrogens is 254 g/mol. The summed E-state index contributed by atoms with van der Waals surface area (Å²) in [6, 6.07) is 6.31. The molecule has 0 atom stereocenters. The molecule has 1 N–H and O–H groups in total. The Bertz CT molecular complexity index is 558. The van der Waals surface area contributed by atoms with Gasteiger partial charge in [-0.1, -0.05) is 23.8 Å². The van der Waals surface area contributed by atoms with Gasteiger partial charge in [0.1, 0.15) is 5.70 Å². The number of methoxy groups -OCH3 is 1. The maximum absolute atomic E-state index is 12.0. The van der Waals surface area contributed by atoms with Crippen molar-refractivity contribution in [3.63, 3.8) is 0 Å². The first-order chi connectivity index (χ1) is 8.40. The number of rotatable bonds is 4. The van der Waals surface area contributed by atoms with Crippen LogP contribution < -0.4 is 4.72 Å². The van der Waals surface area contributed by atoms with Crippen molar-refractivity contribution in [2.24, 2.45) is 0 Å². The first-order valence-electron chi connectivity index (χ1n) is 5.25. The van der Waals surface area contributed by atoms with Crippen molar-refractivity contribution in [1.82, 2.24) is 4.72 Å². The average molecular weight is 269 g/mol. The van der Waals surface area contributed by atoms with Crippen LogP contribution in [-0.4, -0.2) is 21.5 Å². The van der Waals surface area contributed by atoms with E-state index in [1.807, 2.05) is 6.92 Å². The number of nitrogens with one attached hydrogen (secondary N) is 1. The minimum atomic E-state index is -3.76. The van der Waals surface area contributed by atoms with E-state index in [2.05, 4.69) is 9.46 Å². The monoisotopic (exact) mass is 269 g/mol. The Balaban J connectivity index is 3.02. The first-order valence-corrected chi connectivity index (χ1v) is 6.73. The van der Waals surface area contributed by atoms with Gasteiger partial charge in [0.25, 0.3) is 10.0 Å². The third kappa shape index (κ3) is 3.33. The Morgan fingerprint density at radius 3 is 2.28 bits per heavy atom. The van der Waals surface area contributed by atoms with Gasteiger partial charge in [0.05, 0.1) is 12.0 Å². The lowest BCUT2D eigenvalue weighted by Gasteiger charge is -2.09. The molecule has 0 saturated heterocycles. The van der Waals surface area contributed by atoms with E-state index in [4.69, 9.17) is 0 Å². The Hall–Kier alpha value is -1.82. The van der Waals surface area contributed by atoms with Gasteiger partial charge in [-0.3, -0.25) is 4.72 Å². The molecule has 0 aromatic heterocycles. The molecular formula is C12H15NO4S. The topological polar surface area (TPSA) is 72.5 Å². The minimum Gasteiger partial charge on any atom is -0.464 e. The van der Waals surface area contributed by atoms with Gasteiger partial charge in [-0.05, 0) is 26.0 Å². The molecule has 18 heavy (non-hydrogen) atoms. The Morgan fingerprint density at radius 2 is 1.83 bits per heavy atom. The molecule has 0 aliphatic heterocycles. The van der Waals surface area contributed by atoms with E-state index in [9.17, 15) is 13.2 Å². The molecule has 0 bridgehead atoms. The summed E-state index contributed by atoms with van der Waals surface area (Å²) in [7, 11) is -2.58. The van der Waals surface area contributed by atoms with E-state index in [-0.39, 0.29) is 10.6 Å². The molecule has 0 aliphatic rings. The summed E-state index contributed by atoms with van der Waals surface area (Å²) in [5.74, 6) is -0.729. The van der Waals surface area contributed by atoms with E-state index < -0.39 is 16.0 Å². The number of sulfonamides is 1. The number of carbonyl (C=O) groups is 1. The summed E-state index contributed by atoms with van der Waals surface area (Å²) in [5, 5.41) is 0. The van der Waals surface area contributed by atoms with Crippen molar-refractivity contribution in [1.29, 1.82) is 0 Å². The van der Waals surface area contributed by atoms with Crippen LogP contribution in [0, 0.1) is 6.92 Å². The van der Waals surface area contributed by atoms with Gasteiger partial charge in [0.15, 0.2) is 0 Å². The van der Waals surface area contributed by atoms with Crippen molar-refractivity contribution in [2.45, 2.75) is 18.7 Å². The number of hydrogen-bond donors (Lipinski definition) is 1. The molecule has 1 aromatic rings. The van der Waals surface area contributed by atoms with Gasteiger partial charge in [0.2, 0.25) is 0 Å². The van der Waals surface area contributed by atoms with Crippen LogP contribution in [-0.2, 0) is 19.6 Å². The Morgan fingerprint density at radius 1 is 1.28 bits per heavy atom. The van der Waals surface area contributed by atoms with Crippen LogP contribution in [0.2, 0.25) is 0 Å². The van der Waals surface area contributed by atoms with Crippen LogP contribution in [0.15, 0.2) is 40.9 Å². The fourth-order valence-corrected chi connectivity index (χ4v) is 2.35. The van der Waals surface area contributed by atoms with Crippen LogP contribution in [0.25, 0.3) is 0 Å². The average Bonchev–Trinajstić information content (AvgIpc) is 2.35. The minimum absolute atomic E-state index is 0.0938. The third-order valence-electron chi connectivity index (χ3n) is 2.27. The predicted octanol–water partition coefficient (Wildman–Crippen LogP) is 1.35. The number of carbonyl (C=O) groups excluding carboxylic acids is 1. The van der Waals surface area contributed by atoms with Crippen molar-refractivity contribution in [3.05, 3.63) is 41.6 Å². The molecule has 1 aromatic carbocycles. The third-order valence-corrected chi connectivity index (χ3v) is 3.65. The molecule has 0 aliphatic carbocycles. The highest BCUT2D eigenvalue weighted by molar-refractivity contribution is 7.89. The number of hydrogen-bond acceptors (Lipinski definition) is 4. The molecule has 0 amide bonds. The van der Waals surface area contributed by atoms with Crippen molar-refractivity contribution in [2.75, 3.05) is 7.11 Å². The molecule has 1 rings (SSSR count). The maximum atomic E-state index is 12.0.